The zero-order valence-corrected chi connectivity index (χ0v) is 12.1. The smallest absolute Gasteiger partial charge is 0.319 e. The van der Waals surface area contributed by atoms with E-state index in [1.54, 1.807) is 0 Å². The number of urea groups is 1. The molecule has 19 heavy (non-hydrogen) atoms. The van der Waals surface area contributed by atoms with Crippen molar-refractivity contribution >= 4 is 24.1 Å². The number of hydrogen-bond acceptors (Lipinski definition) is 2. The molecule has 0 aliphatic carbocycles. The van der Waals surface area contributed by atoms with Gasteiger partial charge in [-0.15, -0.1) is 12.4 Å². The van der Waals surface area contributed by atoms with E-state index >= 15 is 0 Å². The minimum absolute atomic E-state index is 0. The zero-order chi connectivity index (χ0) is 12.8. The maximum Gasteiger partial charge on any atom is 0.319 e. The molecule has 0 spiro atoms. The molecule has 106 valence electrons. The third-order valence-electron chi connectivity index (χ3n) is 3.17. The van der Waals surface area contributed by atoms with Crippen molar-refractivity contribution in [3.63, 3.8) is 0 Å². The summed E-state index contributed by atoms with van der Waals surface area (Å²) < 4.78 is 0. The van der Waals surface area contributed by atoms with Gasteiger partial charge < -0.3 is 16.0 Å². The highest BCUT2D eigenvalue weighted by Gasteiger charge is 2.09. The molecule has 5 heteroatoms. The standard InChI is InChI=1S/C14H21N3O.ClH/c1-2-3-7-16-14(18)17-13-5-4-12-10-15-8-6-11(12)9-13;/h4-5,9,15H,2-3,6-8,10H2,1H3,(H2,16,17,18);1H. The van der Waals surface area contributed by atoms with Gasteiger partial charge in [0.1, 0.15) is 0 Å². The van der Waals surface area contributed by atoms with Crippen molar-refractivity contribution < 1.29 is 4.79 Å². The molecule has 0 saturated carbocycles. The molecule has 0 saturated heterocycles. The highest BCUT2D eigenvalue weighted by molar-refractivity contribution is 5.89. The van der Waals surface area contributed by atoms with Crippen LogP contribution in [0.15, 0.2) is 18.2 Å². The topological polar surface area (TPSA) is 53.2 Å². The second-order valence-electron chi connectivity index (χ2n) is 4.64. The molecule has 1 aromatic carbocycles. The first-order valence-electron chi connectivity index (χ1n) is 6.67. The van der Waals surface area contributed by atoms with Gasteiger partial charge in [-0.25, -0.2) is 4.79 Å². The first kappa shape index (κ1) is 15.8. The van der Waals surface area contributed by atoms with Crippen molar-refractivity contribution in [3.8, 4) is 0 Å². The summed E-state index contributed by atoms with van der Waals surface area (Å²) in [4.78, 5) is 11.6. The number of fused-ring (bicyclic) bond motifs is 1. The Morgan fingerprint density at radius 1 is 1.37 bits per heavy atom. The summed E-state index contributed by atoms with van der Waals surface area (Å²) in [7, 11) is 0. The molecule has 3 N–H and O–H groups in total. The molecule has 0 aromatic heterocycles. The quantitative estimate of drug-likeness (QED) is 0.744. The Bertz CT molecular complexity index is 423. The van der Waals surface area contributed by atoms with E-state index in [2.05, 4.69) is 35.0 Å². The molecule has 0 radical (unpaired) electrons. The highest BCUT2D eigenvalue weighted by Crippen LogP contribution is 2.18. The van der Waals surface area contributed by atoms with E-state index in [0.29, 0.717) is 0 Å². The first-order valence-corrected chi connectivity index (χ1v) is 6.67. The van der Waals surface area contributed by atoms with Gasteiger partial charge in [0.05, 0.1) is 0 Å². The molecule has 1 aromatic rings. The molecule has 1 aliphatic heterocycles. The van der Waals surface area contributed by atoms with Crippen LogP contribution in [0.5, 0.6) is 0 Å². The van der Waals surface area contributed by atoms with Gasteiger partial charge in [-0.3, -0.25) is 0 Å². The summed E-state index contributed by atoms with van der Waals surface area (Å²) >= 11 is 0. The molecule has 4 nitrogen and oxygen atoms in total. The van der Waals surface area contributed by atoms with Gasteiger partial charge in [0.25, 0.3) is 0 Å². The van der Waals surface area contributed by atoms with Crippen LogP contribution in [-0.2, 0) is 13.0 Å². The lowest BCUT2D eigenvalue weighted by atomic mass is 10.0. The Morgan fingerprint density at radius 3 is 3.00 bits per heavy atom. The van der Waals surface area contributed by atoms with Gasteiger partial charge in [-0.05, 0) is 42.6 Å². The fourth-order valence-electron chi connectivity index (χ4n) is 2.11. The molecule has 0 bridgehead atoms. The van der Waals surface area contributed by atoms with Crippen molar-refractivity contribution in [2.75, 3.05) is 18.4 Å². The van der Waals surface area contributed by atoms with Gasteiger partial charge in [0, 0.05) is 18.8 Å². The van der Waals surface area contributed by atoms with Crippen LogP contribution in [0.4, 0.5) is 10.5 Å². The van der Waals surface area contributed by atoms with Gasteiger partial charge in [-0.1, -0.05) is 19.4 Å². The van der Waals surface area contributed by atoms with Crippen LogP contribution in [0.25, 0.3) is 0 Å². The average Bonchev–Trinajstić information content (AvgIpc) is 2.39. The Labute approximate surface area is 120 Å². The van der Waals surface area contributed by atoms with Crippen molar-refractivity contribution in [2.45, 2.75) is 32.7 Å². The lowest BCUT2D eigenvalue weighted by Crippen LogP contribution is -2.29. The normalized spacial score (nSPS) is 13.1. The predicted octanol–water partition coefficient (Wildman–Crippen LogP) is 2.68. The number of anilines is 1. The molecule has 2 amide bonds. The number of rotatable bonds is 4. The maximum absolute atomic E-state index is 11.6. The van der Waals surface area contributed by atoms with Gasteiger partial charge in [-0.2, -0.15) is 0 Å². The zero-order valence-electron chi connectivity index (χ0n) is 11.3. The van der Waals surface area contributed by atoms with Gasteiger partial charge in [0.15, 0.2) is 0 Å². The number of unbranched alkanes of at least 4 members (excludes halogenated alkanes) is 1. The minimum Gasteiger partial charge on any atom is -0.338 e. The van der Waals surface area contributed by atoms with Crippen molar-refractivity contribution in [3.05, 3.63) is 29.3 Å². The second kappa shape index (κ2) is 8.02. The van der Waals surface area contributed by atoms with E-state index < -0.39 is 0 Å². The van der Waals surface area contributed by atoms with Crippen LogP contribution in [0.3, 0.4) is 0 Å². The van der Waals surface area contributed by atoms with Crippen LogP contribution in [0.1, 0.15) is 30.9 Å². The average molecular weight is 284 g/mol. The Morgan fingerprint density at radius 2 is 2.21 bits per heavy atom. The Hall–Kier alpha value is -1.26. The predicted molar refractivity (Wildman–Crippen MR) is 81.0 cm³/mol. The van der Waals surface area contributed by atoms with Crippen molar-refractivity contribution in [2.24, 2.45) is 0 Å². The van der Waals surface area contributed by atoms with Gasteiger partial charge >= 0.3 is 6.03 Å². The summed E-state index contributed by atoms with van der Waals surface area (Å²) in [6, 6.07) is 6.02. The second-order valence-corrected chi connectivity index (χ2v) is 4.64. The number of nitrogens with one attached hydrogen (secondary N) is 3. The van der Waals surface area contributed by atoms with E-state index in [9.17, 15) is 4.79 Å². The van der Waals surface area contributed by atoms with Crippen LogP contribution < -0.4 is 16.0 Å². The van der Waals surface area contributed by atoms with E-state index in [-0.39, 0.29) is 18.4 Å². The fraction of sp³-hybridized carbons (Fsp3) is 0.500. The van der Waals surface area contributed by atoms with Crippen LogP contribution >= 0.6 is 12.4 Å². The number of amides is 2. The molecule has 0 fully saturated rings. The highest BCUT2D eigenvalue weighted by atomic mass is 35.5. The van der Waals surface area contributed by atoms with E-state index in [4.69, 9.17) is 0 Å². The van der Waals surface area contributed by atoms with Gasteiger partial charge in [0.2, 0.25) is 0 Å². The first-order chi connectivity index (χ1) is 8.79. The minimum atomic E-state index is -0.114. The summed E-state index contributed by atoms with van der Waals surface area (Å²) in [6.45, 7) is 4.78. The van der Waals surface area contributed by atoms with E-state index in [1.807, 2.05) is 6.07 Å². The Kier molecular flexibility index (Phi) is 6.67. The summed E-state index contributed by atoms with van der Waals surface area (Å²) in [5.74, 6) is 0. The van der Waals surface area contributed by atoms with Crippen molar-refractivity contribution in [1.82, 2.24) is 10.6 Å². The molecular weight excluding hydrogens is 262 g/mol. The fourth-order valence-corrected chi connectivity index (χ4v) is 2.11. The number of carbonyl (C=O) groups excluding carboxylic acids is 1. The lowest BCUT2D eigenvalue weighted by Gasteiger charge is -2.18. The largest absolute Gasteiger partial charge is 0.338 e. The third kappa shape index (κ3) is 4.73. The van der Waals surface area contributed by atoms with E-state index in [1.165, 1.54) is 11.1 Å². The molecule has 0 atom stereocenters. The number of halogens is 1. The van der Waals surface area contributed by atoms with Crippen molar-refractivity contribution in [1.29, 1.82) is 0 Å². The number of carbonyl (C=O) groups is 1. The summed E-state index contributed by atoms with van der Waals surface area (Å²) in [5, 5.41) is 9.07. The third-order valence-corrected chi connectivity index (χ3v) is 3.17. The molecule has 0 unspecified atom stereocenters. The SMILES string of the molecule is CCCCNC(=O)Nc1ccc2c(c1)CCNC2.Cl. The molecule has 1 aliphatic rings. The molecule has 1 heterocycles. The summed E-state index contributed by atoms with van der Waals surface area (Å²) in [6.07, 6.45) is 3.14. The molecular formula is C14H22ClN3O. The van der Waals surface area contributed by atoms with E-state index in [0.717, 1.165) is 44.6 Å². The maximum atomic E-state index is 11.6. The van der Waals surface area contributed by atoms with Crippen LogP contribution in [0, 0.1) is 0 Å². The van der Waals surface area contributed by atoms with Crippen LogP contribution in [-0.4, -0.2) is 19.1 Å². The summed E-state index contributed by atoms with van der Waals surface area (Å²) in [5.41, 5.74) is 3.54. The lowest BCUT2D eigenvalue weighted by molar-refractivity contribution is 0.252. The van der Waals surface area contributed by atoms with Crippen LogP contribution in [0.2, 0.25) is 0 Å². The Balaban J connectivity index is 0.00000180. The molecule has 2 rings (SSSR count). The number of benzene rings is 1. The number of hydrogen-bond donors (Lipinski definition) is 3. The monoisotopic (exact) mass is 283 g/mol.